The molecule has 17 heavy (non-hydrogen) atoms. The lowest BCUT2D eigenvalue weighted by atomic mass is 9.76. The summed E-state index contributed by atoms with van der Waals surface area (Å²) in [5, 5.41) is 19.8. The molecule has 1 N–H and O–H groups in total. The van der Waals surface area contributed by atoms with E-state index in [4.69, 9.17) is 4.74 Å². The molecular weight excluding hydrogens is 282 g/mol. The zero-order valence-corrected chi connectivity index (χ0v) is 11.0. The molecule has 2 rings (SSSR count). The van der Waals surface area contributed by atoms with Gasteiger partial charge in [-0.2, -0.15) is 5.26 Å². The summed E-state index contributed by atoms with van der Waals surface area (Å²) in [7, 11) is 0. The summed E-state index contributed by atoms with van der Waals surface area (Å²) in [5.74, 6) is 0. The van der Waals surface area contributed by atoms with Gasteiger partial charge < -0.3 is 9.84 Å². The van der Waals surface area contributed by atoms with E-state index in [1.54, 1.807) is 0 Å². The average molecular weight is 296 g/mol. The molecule has 90 valence electrons. The first-order valence-corrected chi connectivity index (χ1v) is 6.40. The van der Waals surface area contributed by atoms with Crippen molar-refractivity contribution < 1.29 is 9.84 Å². The highest BCUT2D eigenvalue weighted by Gasteiger charge is 2.41. The number of hydrogen-bond donors (Lipinski definition) is 1. The van der Waals surface area contributed by atoms with Crippen LogP contribution in [0.15, 0.2) is 28.7 Å². The van der Waals surface area contributed by atoms with Crippen LogP contribution in [-0.4, -0.2) is 18.3 Å². The normalized spacial score (nSPS) is 26.2. The standard InChI is InChI=1S/C13H14BrNO2/c14-11-5-2-1-4-10(11)12(16)13(8-15)6-3-7-17-9-13/h1-2,4-5,12,16H,3,6-7,9H2. The molecular formula is C13H14BrNO2. The fourth-order valence-corrected chi connectivity index (χ4v) is 2.68. The molecule has 1 aliphatic rings. The summed E-state index contributed by atoms with van der Waals surface area (Å²) in [6.45, 7) is 0.970. The molecule has 1 heterocycles. The molecule has 0 spiro atoms. The second-order valence-electron chi connectivity index (χ2n) is 4.35. The lowest BCUT2D eigenvalue weighted by molar-refractivity contribution is -0.0508. The lowest BCUT2D eigenvalue weighted by Gasteiger charge is -2.35. The van der Waals surface area contributed by atoms with E-state index in [0.29, 0.717) is 19.6 Å². The van der Waals surface area contributed by atoms with Gasteiger partial charge >= 0.3 is 0 Å². The largest absolute Gasteiger partial charge is 0.387 e. The minimum atomic E-state index is -0.817. The fourth-order valence-electron chi connectivity index (χ4n) is 2.18. The number of nitrogens with zero attached hydrogens (tertiary/aromatic N) is 1. The highest BCUT2D eigenvalue weighted by atomic mass is 79.9. The number of aliphatic hydroxyl groups is 1. The summed E-state index contributed by atoms with van der Waals surface area (Å²) < 4.78 is 6.19. The Hall–Kier alpha value is -0.890. The van der Waals surface area contributed by atoms with Gasteiger partial charge in [-0.1, -0.05) is 34.1 Å². The molecule has 3 nitrogen and oxygen atoms in total. The minimum Gasteiger partial charge on any atom is -0.387 e. The predicted molar refractivity (Wildman–Crippen MR) is 67.2 cm³/mol. The van der Waals surface area contributed by atoms with Crippen LogP contribution in [0.4, 0.5) is 0 Å². The smallest absolute Gasteiger partial charge is 0.111 e. The van der Waals surface area contributed by atoms with Gasteiger partial charge in [0.25, 0.3) is 0 Å². The number of benzene rings is 1. The van der Waals surface area contributed by atoms with Crippen molar-refractivity contribution in [2.24, 2.45) is 5.41 Å². The topological polar surface area (TPSA) is 53.2 Å². The number of ether oxygens (including phenoxy) is 1. The Balaban J connectivity index is 2.32. The molecule has 0 amide bonds. The lowest BCUT2D eigenvalue weighted by Crippen LogP contribution is -2.36. The van der Waals surface area contributed by atoms with E-state index in [1.807, 2.05) is 24.3 Å². The minimum absolute atomic E-state index is 0.298. The van der Waals surface area contributed by atoms with Crippen LogP contribution in [0.2, 0.25) is 0 Å². The van der Waals surface area contributed by atoms with Crippen LogP contribution in [0.25, 0.3) is 0 Å². The first-order chi connectivity index (χ1) is 8.19. The number of hydrogen-bond acceptors (Lipinski definition) is 3. The van der Waals surface area contributed by atoms with Crippen molar-refractivity contribution in [1.82, 2.24) is 0 Å². The van der Waals surface area contributed by atoms with E-state index < -0.39 is 11.5 Å². The summed E-state index contributed by atoms with van der Waals surface area (Å²) >= 11 is 3.41. The second-order valence-corrected chi connectivity index (χ2v) is 5.20. The molecule has 0 aromatic heterocycles. The van der Waals surface area contributed by atoms with Crippen molar-refractivity contribution in [2.45, 2.75) is 18.9 Å². The third kappa shape index (κ3) is 2.37. The van der Waals surface area contributed by atoms with Gasteiger partial charge in [-0.25, -0.2) is 0 Å². The fraction of sp³-hybridized carbons (Fsp3) is 0.462. The molecule has 0 saturated carbocycles. The third-order valence-electron chi connectivity index (χ3n) is 3.22. The van der Waals surface area contributed by atoms with Gasteiger partial charge in [0.1, 0.15) is 11.5 Å². The Labute approximate surface area is 109 Å². The van der Waals surface area contributed by atoms with Crippen LogP contribution in [0, 0.1) is 16.7 Å². The molecule has 1 fully saturated rings. The SMILES string of the molecule is N#CC1(C(O)c2ccccc2Br)CCCOC1. The molecule has 1 aliphatic heterocycles. The molecule has 2 unspecified atom stereocenters. The number of aliphatic hydroxyl groups excluding tert-OH is 1. The van der Waals surface area contributed by atoms with E-state index in [1.165, 1.54) is 0 Å². The molecule has 2 atom stereocenters. The van der Waals surface area contributed by atoms with E-state index in [2.05, 4.69) is 22.0 Å². The summed E-state index contributed by atoms with van der Waals surface area (Å²) in [6.07, 6.45) is 0.671. The second kappa shape index (κ2) is 5.18. The Morgan fingerprint density at radius 1 is 1.47 bits per heavy atom. The first kappa shape index (κ1) is 12.6. The Kier molecular flexibility index (Phi) is 3.82. The number of halogens is 1. The van der Waals surface area contributed by atoms with Gasteiger partial charge in [0.15, 0.2) is 0 Å². The van der Waals surface area contributed by atoms with Crippen molar-refractivity contribution in [2.75, 3.05) is 13.2 Å². The zero-order valence-electron chi connectivity index (χ0n) is 9.40. The maximum Gasteiger partial charge on any atom is 0.111 e. The van der Waals surface area contributed by atoms with Crippen LogP contribution >= 0.6 is 15.9 Å². The number of rotatable bonds is 2. The monoisotopic (exact) mass is 295 g/mol. The van der Waals surface area contributed by atoms with Gasteiger partial charge in [0.2, 0.25) is 0 Å². The van der Waals surface area contributed by atoms with Crippen LogP contribution < -0.4 is 0 Å². The van der Waals surface area contributed by atoms with Gasteiger partial charge in [-0.05, 0) is 24.5 Å². The van der Waals surface area contributed by atoms with Crippen molar-refractivity contribution in [1.29, 1.82) is 5.26 Å². The Morgan fingerprint density at radius 3 is 2.82 bits per heavy atom. The summed E-state index contributed by atoms with van der Waals surface area (Å²) in [4.78, 5) is 0. The van der Waals surface area contributed by atoms with Gasteiger partial charge in [0, 0.05) is 11.1 Å². The average Bonchev–Trinajstić information content (AvgIpc) is 2.39. The van der Waals surface area contributed by atoms with Crippen molar-refractivity contribution in [3.8, 4) is 6.07 Å². The van der Waals surface area contributed by atoms with Crippen LogP contribution in [0.5, 0.6) is 0 Å². The van der Waals surface area contributed by atoms with Crippen LogP contribution in [0.1, 0.15) is 24.5 Å². The molecule has 0 bridgehead atoms. The molecule has 1 aromatic carbocycles. The van der Waals surface area contributed by atoms with E-state index in [9.17, 15) is 10.4 Å². The van der Waals surface area contributed by atoms with Crippen molar-refractivity contribution in [3.63, 3.8) is 0 Å². The molecule has 0 aliphatic carbocycles. The third-order valence-corrected chi connectivity index (χ3v) is 3.94. The van der Waals surface area contributed by atoms with Gasteiger partial charge in [-0.3, -0.25) is 0 Å². The van der Waals surface area contributed by atoms with Crippen LogP contribution in [-0.2, 0) is 4.74 Å². The van der Waals surface area contributed by atoms with Gasteiger partial charge in [-0.15, -0.1) is 0 Å². The van der Waals surface area contributed by atoms with E-state index in [0.717, 1.165) is 16.5 Å². The van der Waals surface area contributed by atoms with Gasteiger partial charge in [0.05, 0.1) is 12.7 Å². The zero-order chi connectivity index (χ0) is 12.3. The molecule has 4 heteroatoms. The number of nitriles is 1. The quantitative estimate of drug-likeness (QED) is 0.913. The Morgan fingerprint density at radius 2 is 2.24 bits per heavy atom. The first-order valence-electron chi connectivity index (χ1n) is 5.61. The van der Waals surface area contributed by atoms with Crippen molar-refractivity contribution in [3.05, 3.63) is 34.3 Å². The van der Waals surface area contributed by atoms with E-state index >= 15 is 0 Å². The van der Waals surface area contributed by atoms with Crippen molar-refractivity contribution >= 4 is 15.9 Å². The maximum absolute atomic E-state index is 10.4. The van der Waals surface area contributed by atoms with E-state index in [-0.39, 0.29) is 0 Å². The molecule has 0 radical (unpaired) electrons. The highest BCUT2D eigenvalue weighted by Crippen LogP contribution is 2.42. The summed E-state index contributed by atoms with van der Waals surface area (Å²) in [5.41, 5.74) is -0.0678. The molecule has 1 saturated heterocycles. The highest BCUT2D eigenvalue weighted by molar-refractivity contribution is 9.10. The Bertz CT molecular complexity index is 435. The molecule has 1 aromatic rings. The summed E-state index contributed by atoms with van der Waals surface area (Å²) in [6, 6.07) is 9.70. The maximum atomic E-state index is 10.4. The van der Waals surface area contributed by atoms with Crippen LogP contribution in [0.3, 0.4) is 0 Å². The predicted octanol–water partition coefficient (Wildman–Crippen LogP) is 2.80.